The fraction of sp³-hybridized carbons (Fsp3) is 0.550. The van der Waals surface area contributed by atoms with Gasteiger partial charge in [0, 0.05) is 50.2 Å². The number of nitrogens with one attached hydrogen (secondary N) is 2. The lowest BCUT2D eigenvalue weighted by atomic mass is 10.0. The number of hydrogen-bond acceptors (Lipinski definition) is 5. The predicted octanol–water partition coefficient (Wildman–Crippen LogP) is 0.385. The lowest BCUT2D eigenvalue weighted by molar-refractivity contribution is -0.136. The zero-order valence-electron chi connectivity index (χ0n) is 15.3. The maximum absolute atomic E-state index is 12.9. The van der Waals surface area contributed by atoms with Crippen LogP contribution >= 0.6 is 0 Å². The zero-order valence-corrected chi connectivity index (χ0v) is 15.3. The van der Waals surface area contributed by atoms with Gasteiger partial charge in [-0.05, 0) is 36.5 Å². The Morgan fingerprint density at radius 1 is 1.19 bits per heavy atom. The maximum atomic E-state index is 12.9. The highest BCUT2D eigenvalue weighted by molar-refractivity contribution is 6.05. The molecule has 1 aromatic rings. The first-order chi connectivity index (χ1) is 13.0. The number of rotatable bonds is 3. The van der Waals surface area contributed by atoms with Gasteiger partial charge >= 0.3 is 0 Å². The number of nitrogens with zero attached hydrogens (tertiary/aromatic N) is 2. The third-order valence-electron chi connectivity index (χ3n) is 6.38. The first-order valence-electron chi connectivity index (χ1n) is 9.77. The van der Waals surface area contributed by atoms with Crippen molar-refractivity contribution in [3.8, 4) is 0 Å². The molecule has 3 fully saturated rings. The molecule has 1 aliphatic carbocycles. The number of piperazine rings is 1. The second-order valence-electron chi connectivity index (χ2n) is 8.26. The molecular formula is C20H24N4O3. The number of hydrogen-bond donors (Lipinski definition) is 2. The normalized spacial score (nSPS) is 27.0. The second kappa shape index (κ2) is 6.14. The summed E-state index contributed by atoms with van der Waals surface area (Å²) in [5.74, 6) is -0.708. The van der Waals surface area contributed by atoms with Gasteiger partial charge in [-0.3, -0.25) is 24.6 Å². The van der Waals surface area contributed by atoms with E-state index in [1.54, 1.807) is 4.90 Å². The molecule has 7 nitrogen and oxygen atoms in total. The average Bonchev–Trinajstić information content (AvgIpc) is 3.29. The van der Waals surface area contributed by atoms with Crippen LogP contribution in [0.5, 0.6) is 0 Å². The van der Waals surface area contributed by atoms with Crippen molar-refractivity contribution in [2.24, 2.45) is 0 Å². The number of carbonyl (C=O) groups is 3. The fourth-order valence-electron chi connectivity index (χ4n) is 4.70. The topological polar surface area (TPSA) is 81.8 Å². The molecule has 7 heteroatoms. The first-order valence-corrected chi connectivity index (χ1v) is 9.77. The van der Waals surface area contributed by atoms with Gasteiger partial charge in [0.15, 0.2) is 0 Å². The Bertz CT molecular complexity index is 833. The van der Waals surface area contributed by atoms with E-state index in [4.69, 9.17) is 0 Å². The summed E-state index contributed by atoms with van der Waals surface area (Å²) < 4.78 is 0. The molecular weight excluding hydrogens is 344 g/mol. The molecule has 3 amide bonds. The smallest absolute Gasteiger partial charge is 0.255 e. The summed E-state index contributed by atoms with van der Waals surface area (Å²) in [4.78, 5) is 40.7. The minimum Gasteiger partial charge on any atom is -0.322 e. The van der Waals surface area contributed by atoms with E-state index in [-0.39, 0.29) is 24.1 Å². The van der Waals surface area contributed by atoms with Gasteiger partial charge in [0.25, 0.3) is 5.91 Å². The summed E-state index contributed by atoms with van der Waals surface area (Å²) in [5.41, 5.74) is 3.24. The number of amides is 3. The van der Waals surface area contributed by atoms with E-state index < -0.39 is 6.04 Å². The van der Waals surface area contributed by atoms with Gasteiger partial charge in [-0.2, -0.15) is 0 Å². The minimum atomic E-state index is -0.552. The molecule has 1 unspecified atom stereocenters. The van der Waals surface area contributed by atoms with E-state index in [9.17, 15) is 14.4 Å². The molecule has 5 rings (SSSR count). The van der Waals surface area contributed by atoms with Crippen LogP contribution in [0.15, 0.2) is 18.2 Å². The Balaban J connectivity index is 1.36. The van der Waals surface area contributed by atoms with E-state index in [0.717, 1.165) is 31.7 Å². The number of carbonyl (C=O) groups excluding carboxylic acids is 3. The lowest BCUT2D eigenvalue weighted by Gasteiger charge is -2.34. The van der Waals surface area contributed by atoms with Gasteiger partial charge in [0.05, 0.1) is 0 Å². The Morgan fingerprint density at radius 2 is 2.04 bits per heavy atom. The summed E-state index contributed by atoms with van der Waals surface area (Å²) in [6.07, 6.45) is 3.18. The Morgan fingerprint density at radius 3 is 2.81 bits per heavy atom. The molecule has 0 bridgehead atoms. The molecule has 1 aromatic carbocycles. The predicted molar refractivity (Wildman–Crippen MR) is 97.7 cm³/mol. The Kier molecular flexibility index (Phi) is 3.84. The van der Waals surface area contributed by atoms with Crippen molar-refractivity contribution >= 4 is 17.7 Å². The quantitative estimate of drug-likeness (QED) is 0.754. The molecule has 2 saturated heterocycles. The SMILES string of the molecule is O=C1CCC(N2Cc3c(CN4CCNC5(CC5)C4)cccc3C2=O)C(=O)N1. The number of piperidine rings is 1. The molecule has 2 N–H and O–H groups in total. The van der Waals surface area contributed by atoms with Crippen molar-refractivity contribution in [1.82, 2.24) is 20.4 Å². The van der Waals surface area contributed by atoms with Crippen LogP contribution in [0.2, 0.25) is 0 Å². The number of benzene rings is 1. The molecule has 1 atom stereocenters. The van der Waals surface area contributed by atoms with Crippen molar-refractivity contribution in [3.05, 3.63) is 34.9 Å². The van der Waals surface area contributed by atoms with Crippen LogP contribution in [-0.4, -0.2) is 58.7 Å². The monoisotopic (exact) mass is 368 g/mol. The molecule has 0 radical (unpaired) electrons. The first kappa shape index (κ1) is 16.9. The van der Waals surface area contributed by atoms with Crippen molar-refractivity contribution in [2.45, 2.75) is 50.4 Å². The van der Waals surface area contributed by atoms with Crippen molar-refractivity contribution < 1.29 is 14.4 Å². The second-order valence-corrected chi connectivity index (χ2v) is 8.26. The van der Waals surface area contributed by atoms with Gasteiger partial charge in [-0.15, -0.1) is 0 Å². The lowest BCUT2D eigenvalue weighted by Crippen LogP contribution is -2.52. The third kappa shape index (κ3) is 2.95. The van der Waals surface area contributed by atoms with Gasteiger partial charge in [-0.1, -0.05) is 12.1 Å². The van der Waals surface area contributed by atoms with E-state index in [0.29, 0.717) is 24.1 Å². The van der Waals surface area contributed by atoms with E-state index in [1.165, 1.54) is 18.4 Å². The highest BCUT2D eigenvalue weighted by atomic mass is 16.2. The molecule has 0 aromatic heterocycles. The van der Waals surface area contributed by atoms with Crippen molar-refractivity contribution in [2.75, 3.05) is 19.6 Å². The molecule has 1 spiro atoms. The van der Waals surface area contributed by atoms with Crippen LogP contribution in [0.25, 0.3) is 0 Å². The average molecular weight is 368 g/mol. The molecule has 3 heterocycles. The molecule has 27 heavy (non-hydrogen) atoms. The molecule has 1 saturated carbocycles. The highest BCUT2D eigenvalue weighted by Gasteiger charge is 2.45. The van der Waals surface area contributed by atoms with E-state index in [1.807, 2.05) is 12.1 Å². The summed E-state index contributed by atoms with van der Waals surface area (Å²) in [6, 6.07) is 5.34. The molecule has 4 aliphatic rings. The van der Waals surface area contributed by atoms with Gasteiger partial charge in [0.1, 0.15) is 6.04 Å². The van der Waals surface area contributed by atoms with Crippen LogP contribution < -0.4 is 10.6 Å². The van der Waals surface area contributed by atoms with Crippen LogP contribution in [0.1, 0.15) is 47.2 Å². The zero-order chi connectivity index (χ0) is 18.6. The molecule has 3 aliphatic heterocycles. The van der Waals surface area contributed by atoms with Crippen molar-refractivity contribution in [3.63, 3.8) is 0 Å². The van der Waals surface area contributed by atoms with Gasteiger partial charge < -0.3 is 10.2 Å². The van der Waals surface area contributed by atoms with Crippen LogP contribution in [-0.2, 0) is 22.7 Å². The van der Waals surface area contributed by atoms with Crippen molar-refractivity contribution in [1.29, 1.82) is 0 Å². The summed E-state index contributed by atoms with van der Waals surface area (Å²) in [5, 5.41) is 5.99. The van der Waals surface area contributed by atoms with Crippen LogP contribution in [0.3, 0.4) is 0 Å². The Labute approximate surface area is 158 Å². The minimum absolute atomic E-state index is 0.0969. The van der Waals surface area contributed by atoms with Crippen LogP contribution in [0.4, 0.5) is 0 Å². The Hall–Kier alpha value is -2.25. The standard InChI is InChI=1S/C20H24N4O3/c25-17-5-4-16(18(26)22-17)24-11-15-13(2-1-3-14(15)19(24)27)10-23-9-8-21-20(12-23)6-7-20/h1-3,16,21H,4-12H2,(H,22,25,26). The number of fused-ring (bicyclic) bond motifs is 1. The summed E-state index contributed by atoms with van der Waals surface area (Å²) in [7, 11) is 0. The maximum Gasteiger partial charge on any atom is 0.255 e. The van der Waals surface area contributed by atoms with Gasteiger partial charge in [0.2, 0.25) is 11.8 Å². The van der Waals surface area contributed by atoms with E-state index >= 15 is 0 Å². The highest BCUT2D eigenvalue weighted by Crippen LogP contribution is 2.38. The summed E-state index contributed by atoms with van der Waals surface area (Å²) in [6.45, 7) is 4.37. The summed E-state index contributed by atoms with van der Waals surface area (Å²) >= 11 is 0. The number of imide groups is 1. The van der Waals surface area contributed by atoms with Crippen LogP contribution in [0, 0.1) is 0 Å². The van der Waals surface area contributed by atoms with Gasteiger partial charge in [-0.25, -0.2) is 0 Å². The largest absolute Gasteiger partial charge is 0.322 e. The van der Waals surface area contributed by atoms with E-state index in [2.05, 4.69) is 21.6 Å². The molecule has 142 valence electrons. The fourth-order valence-corrected chi connectivity index (χ4v) is 4.70. The third-order valence-corrected chi connectivity index (χ3v) is 6.38.